The van der Waals surface area contributed by atoms with Gasteiger partial charge in [-0.05, 0) is 24.3 Å². The highest BCUT2D eigenvalue weighted by molar-refractivity contribution is 7.99. The third-order valence-electron chi connectivity index (χ3n) is 3.08. The van der Waals surface area contributed by atoms with Gasteiger partial charge in [-0.2, -0.15) is 0 Å². The molecular formula is C14H12ClN5O2S. The Bertz CT molecular complexity index is 919. The van der Waals surface area contributed by atoms with E-state index in [0.29, 0.717) is 21.5 Å². The van der Waals surface area contributed by atoms with Gasteiger partial charge in [-0.1, -0.05) is 23.4 Å². The van der Waals surface area contributed by atoms with Crippen LogP contribution in [0.3, 0.4) is 0 Å². The number of nitrogens with zero attached hydrogens (tertiary/aromatic N) is 3. The van der Waals surface area contributed by atoms with Crippen molar-refractivity contribution in [3.8, 4) is 0 Å². The van der Waals surface area contributed by atoms with Crippen LogP contribution in [-0.2, 0) is 11.8 Å². The van der Waals surface area contributed by atoms with Gasteiger partial charge in [0.05, 0.1) is 12.1 Å². The van der Waals surface area contributed by atoms with Crippen LogP contribution in [0.25, 0.3) is 11.2 Å². The number of anilines is 1. The van der Waals surface area contributed by atoms with Crippen LogP contribution in [-0.4, -0.2) is 31.2 Å². The van der Waals surface area contributed by atoms with E-state index in [2.05, 4.69) is 20.3 Å². The fourth-order valence-electron chi connectivity index (χ4n) is 1.98. The summed E-state index contributed by atoms with van der Waals surface area (Å²) in [7, 11) is 1.75. The summed E-state index contributed by atoms with van der Waals surface area (Å²) in [5.41, 5.74) is 1.11. The molecule has 2 N–H and O–H groups in total. The molecule has 2 aromatic heterocycles. The molecule has 0 unspecified atom stereocenters. The van der Waals surface area contributed by atoms with E-state index >= 15 is 0 Å². The fourth-order valence-corrected chi connectivity index (χ4v) is 2.87. The zero-order valence-corrected chi connectivity index (χ0v) is 13.6. The van der Waals surface area contributed by atoms with Crippen molar-refractivity contribution in [2.24, 2.45) is 7.05 Å². The molecule has 0 aliphatic carbocycles. The van der Waals surface area contributed by atoms with Crippen molar-refractivity contribution >= 4 is 46.1 Å². The van der Waals surface area contributed by atoms with Gasteiger partial charge >= 0.3 is 0 Å². The maximum absolute atomic E-state index is 12.0. The van der Waals surface area contributed by atoms with Crippen LogP contribution in [0.2, 0.25) is 5.02 Å². The molecule has 0 aliphatic heterocycles. The summed E-state index contributed by atoms with van der Waals surface area (Å²) in [5.74, 6) is -0.0104. The molecule has 0 saturated carbocycles. The van der Waals surface area contributed by atoms with Gasteiger partial charge in [0.2, 0.25) is 5.91 Å². The molecule has 1 aromatic carbocycles. The number of fused-ring (bicyclic) bond motifs is 1. The van der Waals surface area contributed by atoms with Gasteiger partial charge in [-0.25, -0.2) is 9.97 Å². The van der Waals surface area contributed by atoms with E-state index in [-0.39, 0.29) is 22.7 Å². The predicted octanol–water partition coefficient (Wildman–Crippen LogP) is 2.04. The molecule has 0 aliphatic rings. The Morgan fingerprint density at radius 2 is 2.13 bits per heavy atom. The number of amides is 1. The number of hydrogen-bond donors (Lipinski definition) is 2. The van der Waals surface area contributed by atoms with Crippen molar-refractivity contribution in [1.82, 2.24) is 19.5 Å². The Morgan fingerprint density at radius 3 is 2.83 bits per heavy atom. The van der Waals surface area contributed by atoms with Gasteiger partial charge < -0.3 is 14.9 Å². The van der Waals surface area contributed by atoms with Crippen molar-refractivity contribution in [3.05, 3.63) is 46.0 Å². The Morgan fingerprint density at radius 1 is 1.39 bits per heavy atom. The molecule has 3 rings (SSSR count). The number of carbonyl (C=O) groups is 1. The number of aromatic amines is 1. The first-order chi connectivity index (χ1) is 11.0. The Kier molecular flexibility index (Phi) is 4.35. The molecule has 0 radical (unpaired) electrons. The molecule has 0 atom stereocenters. The first-order valence-corrected chi connectivity index (χ1v) is 7.99. The zero-order valence-electron chi connectivity index (χ0n) is 12.0. The smallest absolute Gasteiger partial charge is 0.278 e. The van der Waals surface area contributed by atoms with Crippen molar-refractivity contribution < 1.29 is 4.79 Å². The molecule has 2 heterocycles. The molecule has 118 valence electrons. The minimum absolute atomic E-state index is 0.164. The summed E-state index contributed by atoms with van der Waals surface area (Å²) in [6.45, 7) is 0. The number of carbonyl (C=O) groups excluding carboxylic acids is 1. The second-order valence-corrected chi connectivity index (χ2v) is 6.08. The molecule has 1 amide bonds. The number of aromatic nitrogens is 4. The summed E-state index contributed by atoms with van der Waals surface area (Å²) in [5, 5.41) is 3.92. The van der Waals surface area contributed by atoms with E-state index in [1.165, 1.54) is 18.1 Å². The number of imidazole rings is 1. The molecule has 0 saturated heterocycles. The quantitative estimate of drug-likeness (QED) is 0.703. The highest BCUT2D eigenvalue weighted by Crippen LogP contribution is 2.20. The fraction of sp³-hybridized carbons (Fsp3) is 0.143. The Balaban J connectivity index is 1.69. The lowest BCUT2D eigenvalue weighted by atomic mass is 10.3. The van der Waals surface area contributed by atoms with E-state index in [0.717, 1.165) is 0 Å². The van der Waals surface area contributed by atoms with Crippen molar-refractivity contribution in [2.45, 2.75) is 5.16 Å². The van der Waals surface area contributed by atoms with Crippen LogP contribution >= 0.6 is 23.4 Å². The third-order valence-corrected chi connectivity index (χ3v) is 4.36. The lowest BCUT2D eigenvalue weighted by molar-refractivity contribution is -0.113. The number of nitrogens with one attached hydrogen (secondary N) is 2. The highest BCUT2D eigenvalue weighted by Gasteiger charge is 2.13. The SMILES string of the molecule is Cn1c(SCC(=O)Nc2ccc(Cl)cc2)nc2c(=O)[nH]cnc21. The van der Waals surface area contributed by atoms with E-state index in [1.807, 2.05) is 0 Å². The molecule has 9 heteroatoms. The summed E-state index contributed by atoms with van der Waals surface area (Å²) >= 11 is 7.03. The summed E-state index contributed by atoms with van der Waals surface area (Å²) in [4.78, 5) is 34.4. The maximum Gasteiger partial charge on any atom is 0.278 e. The van der Waals surface area contributed by atoms with Crippen LogP contribution < -0.4 is 10.9 Å². The van der Waals surface area contributed by atoms with Crippen molar-refractivity contribution in [3.63, 3.8) is 0 Å². The van der Waals surface area contributed by atoms with Crippen LogP contribution in [0.4, 0.5) is 5.69 Å². The first kappa shape index (κ1) is 15.6. The standard InChI is InChI=1S/C14H12ClN5O2S/c1-20-12-11(13(22)17-7-16-12)19-14(20)23-6-10(21)18-9-4-2-8(15)3-5-9/h2-5,7H,6H2,1H3,(H,18,21)(H,16,17,22). The molecular weight excluding hydrogens is 338 g/mol. The minimum Gasteiger partial charge on any atom is -0.325 e. The minimum atomic E-state index is -0.303. The second kappa shape index (κ2) is 6.43. The number of aryl methyl sites for hydroxylation is 1. The van der Waals surface area contributed by atoms with E-state index < -0.39 is 0 Å². The van der Waals surface area contributed by atoms with Crippen molar-refractivity contribution in [2.75, 3.05) is 11.1 Å². The largest absolute Gasteiger partial charge is 0.325 e. The van der Waals surface area contributed by atoms with E-state index in [1.54, 1.807) is 35.9 Å². The molecule has 0 fully saturated rings. The number of hydrogen-bond acceptors (Lipinski definition) is 5. The van der Waals surface area contributed by atoms with Gasteiger partial charge in [0, 0.05) is 17.8 Å². The number of rotatable bonds is 4. The topological polar surface area (TPSA) is 92.7 Å². The number of halogens is 1. The van der Waals surface area contributed by atoms with Crippen molar-refractivity contribution in [1.29, 1.82) is 0 Å². The molecule has 0 bridgehead atoms. The summed E-state index contributed by atoms with van der Waals surface area (Å²) in [6, 6.07) is 6.86. The second-order valence-electron chi connectivity index (χ2n) is 4.70. The normalized spacial score (nSPS) is 10.9. The van der Waals surface area contributed by atoms with Crippen LogP contribution in [0.15, 0.2) is 40.5 Å². The Hall–Kier alpha value is -2.32. The lowest BCUT2D eigenvalue weighted by Gasteiger charge is -2.05. The van der Waals surface area contributed by atoms with Crippen LogP contribution in [0, 0.1) is 0 Å². The van der Waals surface area contributed by atoms with Gasteiger partial charge in [-0.15, -0.1) is 0 Å². The van der Waals surface area contributed by atoms with E-state index in [4.69, 9.17) is 11.6 Å². The van der Waals surface area contributed by atoms with Gasteiger partial charge in [-0.3, -0.25) is 9.59 Å². The number of thioether (sulfide) groups is 1. The molecule has 7 nitrogen and oxygen atoms in total. The summed E-state index contributed by atoms with van der Waals surface area (Å²) < 4.78 is 1.69. The third kappa shape index (κ3) is 3.38. The Labute approximate surface area is 140 Å². The molecule has 0 spiro atoms. The van der Waals surface area contributed by atoms with Gasteiger partial charge in [0.25, 0.3) is 5.56 Å². The van der Waals surface area contributed by atoms with Gasteiger partial charge in [0.1, 0.15) is 0 Å². The predicted molar refractivity (Wildman–Crippen MR) is 89.9 cm³/mol. The lowest BCUT2D eigenvalue weighted by Crippen LogP contribution is -2.14. The molecule has 23 heavy (non-hydrogen) atoms. The van der Waals surface area contributed by atoms with Crippen LogP contribution in [0.5, 0.6) is 0 Å². The van der Waals surface area contributed by atoms with E-state index in [9.17, 15) is 9.59 Å². The number of benzene rings is 1. The number of H-pyrrole nitrogens is 1. The average Bonchev–Trinajstić information content (AvgIpc) is 2.86. The highest BCUT2D eigenvalue weighted by atomic mass is 35.5. The first-order valence-electron chi connectivity index (χ1n) is 6.63. The maximum atomic E-state index is 12.0. The zero-order chi connectivity index (χ0) is 16.4. The average molecular weight is 350 g/mol. The summed E-state index contributed by atoms with van der Waals surface area (Å²) in [6.07, 6.45) is 1.33. The molecule has 3 aromatic rings. The monoisotopic (exact) mass is 349 g/mol. The van der Waals surface area contributed by atoms with Crippen LogP contribution in [0.1, 0.15) is 0 Å². The van der Waals surface area contributed by atoms with Gasteiger partial charge in [0.15, 0.2) is 16.3 Å².